The molecule has 2 aliphatic rings. The molecule has 0 bridgehead atoms. The van der Waals surface area contributed by atoms with Gasteiger partial charge in [-0.15, -0.1) is 11.8 Å². The van der Waals surface area contributed by atoms with Crippen LogP contribution in [0, 0.1) is 0 Å². The van der Waals surface area contributed by atoms with E-state index in [0.29, 0.717) is 0 Å². The van der Waals surface area contributed by atoms with Crippen LogP contribution >= 0.6 is 11.8 Å². The number of rotatable bonds is 8. The average Bonchev–Trinajstić information content (AvgIpc) is 3.30. The Kier molecular flexibility index (Phi) is 6.19. The summed E-state index contributed by atoms with van der Waals surface area (Å²) in [7, 11) is 5.62. The third-order valence-corrected chi connectivity index (χ3v) is 7.98. The Morgan fingerprint density at radius 3 is 2.52 bits per heavy atom. The molecule has 3 aromatic rings. The Morgan fingerprint density at radius 1 is 0.970 bits per heavy atom. The largest absolute Gasteiger partial charge is 0.493 e. The van der Waals surface area contributed by atoms with E-state index in [1.807, 2.05) is 17.8 Å². The Bertz CT molecular complexity index is 1180. The maximum atomic E-state index is 5.92. The standard InChI is InChI=1S/C27H31NO4S/c1-5-6-7-8-13-33-27-24-18(11-12-21(29-3)26(24)30-4)19-10-9-17-14-22-23(32-16-31-22)15-20(17)25(19)28(27)2/h9-12,14-15,27H,5-8,13,16H2,1-4H3. The van der Waals surface area contributed by atoms with E-state index < -0.39 is 0 Å². The van der Waals surface area contributed by atoms with E-state index >= 15 is 0 Å². The van der Waals surface area contributed by atoms with Crippen molar-refractivity contribution >= 4 is 28.2 Å². The Labute approximate surface area is 200 Å². The van der Waals surface area contributed by atoms with Crippen molar-refractivity contribution < 1.29 is 18.9 Å². The predicted octanol–water partition coefficient (Wildman–Crippen LogP) is 7.01. The highest BCUT2D eigenvalue weighted by atomic mass is 32.2. The Morgan fingerprint density at radius 2 is 1.76 bits per heavy atom. The van der Waals surface area contributed by atoms with Gasteiger partial charge < -0.3 is 23.8 Å². The first kappa shape index (κ1) is 22.1. The zero-order chi connectivity index (χ0) is 22.9. The van der Waals surface area contributed by atoms with Crippen LogP contribution in [0.1, 0.15) is 43.5 Å². The lowest BCUT2D eigenvalue weighted by Gasteiger charge is -2.39. The van der Waals surface area contributed by atoms with Crippen LogP contribution in [0.2, 0.25) is 0 Å². The summed E-state index contributed by atoms with van der Waals surface area (Å²) in [6, 6.07) is 12.8. The molecule has 5 nitrogen and oxygen atoms in total. The SMILES string of the molecule is CCCCCCSC1c2c(ccc(OC)c2OC)-c2ccc3cc4c(cc3c2N1C)OCO4. The van der Waals surface area contributed by atoms with E-state index in [-0.39, 0.29) is 12.2 Å². The fourth-order valence-electron chi connectivity index (χ4n) is 4.96. The molecule has 0 N–H and O–H groups in total. The van der Waals surface area contributed by atoms with E-state index in [2.05, 4.69) is 49.2 Å². The summed E-state index contributed by atoms with van der Waals surface area (Å²) < 4.78 is 22.9. The van der Waals surface area contributed by atoms with Gasteiger partial charge in [0.2, 0.25) is 6.79 Å². The van der Waals surface area contributed by atoms with Gasteiger partial charge in [-0.1, -0.05) is 38.3 Å². The number of unbranched alkanes of at least 4 members (excludes halogenated alkanes) is 3. The van der Waals surface area contributed by atoms with Crippen LogP contribution in [0.5, 0.6) is 23.0 Å². The van der Waals surface area contributed by atoms with Crippen molar-refractivity contribution in [1.82, 2.24) is 0 Å². The lowest BCUT2D eigenvalue weighted by molar-refractivity contribution is 0.174. The molecule has 0 aliphatic carbocycles. The number of hydrogen-bond acceptors (Lipinski definition) is 6. The summed E-state index contributed by atoms with van der Waals surface area (Å²) >= 11 is 1.98. The van der Waals surface area contributed by atoms with Crippen molar-refractivity contribution in [2.45, 2.75) is 38.0 Å². The molecule has 0 saturated heterocycles. The zero-order valence-electron chi connectivity index (χ0n) is 19.8. The fraction of sp³-hybridized carbons (Fsp3) is 0.407. The third-order valence-electron chi connectivity index (χ3n) is 6.58. The van der Waals surface area contributed by atoms with Crippen LogP contribution < -0.4 is 23.8 Å². The lowest BCUT2D eigenvalue weighted by Crippen LogP contribution is -2.27. The number of methoxy groups -OCH3 is 2. The molecule has 0 aromatic heterocycles. The minimum absolute atomic E-state index is 0.121. The molecule has 2 aliphatic heterocycles. The molecule has 6 heteroatoms. The molecule has 0 radical (unpaired) electrons. The number of thioether (sulfide) groups is 1. The zero-order valence-corrected chi connectivity index (χ0v) is 20.6. The van der Waals surface area contributed by atoms with Gasteiger partial charge in [-0.2, -0.15) is 0 Å². The van der Waals surface area contributed by atoms with Gasteiger partial charge in [0, 0.05) is 23.6 Å². The molecule has 5 rings (SSSR count). The molecule has 1 atom stereocenters. The highest BCUT2D eigenvalue weighted by Crippen LogP contribution is 2.56. The van der Waals surface area contributed by atoms with E-state index in [1.165, 1.54) is 53.4 Å². The molecular weight excluding hydrogens is 434 g/mol. The van der Waals surface area contributed by atoms with Gasteiger partial charge >= 0.3 is 0 Å². The summed E-state index contributed by atoms with van der Waals surface area (Å²) in [5, 5.41) is 2.45. The second-order valence-corrected chi connectivity index (χ2v) is 9.73. The van der Waals surface area contributed by atoms with Crippen molar-refractivity contribution in [3.05, 3.63) is 42.0 Å². The molecule has 1 unspecified atom stereocenters. The summed E-state index contributed by atoms with van der Waals surface area (Å²) in [5.74, 6) is 4.32. The van der Waals surface area contributed by atoms with Crippen LogP contribution in [0.25, 0.3) is 21.9 Å². The third kappa shape index (κ3) is 3.74. The molecular formula is C27H31NO4S. The molecule has 33 heavy (non-hydrogen) atoms. The second-order valence-electron chi connectivity index (χ2n) is 8.55. The minimum Gasteiger partial charge on any atom is -0.493 e. The monoisotopic (exact) mass is 465 g/mol. The Hall–Kier alpha value is -2.73. The maximum Gasteiger partial charge on any atom is 0.231 e. The number of ether oxygens (including phenoxy) is 4. The van der Waals surface area contributed by atoms with E-state index in [4.69, 9.17) is 18.9 Å². The van der Waals surface area contributed by atoms with Crippen molar-refractivity contribution in [2.24, 2.45) is 0 Å². The predicted molar refractivity (Wildman–Crippen MR) is 136 cm³/mol. The van der Waals surface area contributed by atoms with Crippen molar-refractivity contribution in [1.29, 1.82) is 0 Å². The first-order valence-corrected chi connectivity index (χ1v) is 12.7. The van der Waals surface area contributed by atoms with E-state index in [9.17, 15) is 0 Å². The van der Waals surface area contributed by atoms with Gasteiger partial charge in [0.05, 0.1) is 19.9 Å². The first-order valence-electron chi connectivity index (χ1n) is 11.6. The highest BCUT2D eigenvalue weighted by molar-refractivity contribution is 7.99. The highest BCUT2D eigenvalue weighted by Gasteiger charge is 2.35. The van der Waals surface area contributed by atoms with Crippen molar-refractivity contribution in [3.8, 4) is 34.1 Å². The number of fused-ring (bicyclic) bond motifs is 6. The van der Waals surface area contributed by atoms with Gasteiger partial charge in [0.1, 0.15) is 5.37 Å². The number of hydrogen-bond donors (Lipinski definition) is 0. The summed E-state index contributed by atoms with van der Waals surface area (Å²) in [6.45, 7) is 2.53. The topological polar surface area (TPSA) is 40.2 Å². The minimum atomic E-state index is 0.121. The number of benzene rings is 3. The number of nitrogens with zero attached hydrogens (tertiary/aromatic N) is 1. The van der Waals surface area contributed by atoms with Gasteiger partial charge in [0.15, 0.2) is 23.0 Å². The molecule has 0 spiro atoms. The van der Waals surface area contributed by atoms with Crippen LogP contribution in [0.3, 0.4) is 0 Å². The summed E-state index contributed by atoms with van der Waals surface area (Å²) in [4.78, 5) is 2.40. The first-order chi connectivity index (χ1) is 16.2. The molecule has 0 saturated carbocycles. The maximum absolute atomic E-state index is 5.92. The molecule has 2 heterocycles. The van der Waals surface area contributed by atoms with Crippen LogP contribution in [0.4, 0.5) is 5.69 Å². The molecule has 174 valence electrons. The molecule has 3 aromatic carbocycles. The normalized spacial score (nSPS) is 16.0. The van der Waals surface area contributed by atoms with Crippen LogP contribution in [-0.4, -0.2) is 33.8 Å². The van der Waals surface area contributed by atoms with E-state index in [0.717, 1.165) is 34.1 Å². The van der Waals surface area contributed by atoms with Gasteiger partial charge in [-0.3, -0.25) is 0 Å². The number of anilines is 1. The smallest absolute Gasteiger partial charge is 0.231 e. The van der Waals surface area contributed by atoms with Gasteiger partial charge in [-0.05, 0) is 47.4 Å². The van der Waals surface area contributed by atoms with Crippen LogP contribution in [0.15, 0.2) is 36.4 Å². The second kappa shape index (κ2) is 9.26. The summed E-state index contributed by atoms with van der Waals surface area (Å²) in [5.41, 5.74) is 4.80. The Balaban J connectivity index is 1.66. The average molecular weight is 466 g/mol. The fourth-order valence-corrected chi connectivity index (χ4v) is 6.28. The van der Waals surface area contributed by atoms with Gasteiger partial charge in [0.25, 0.3) is 0 Å². The summed E-state index contributed by atoms with van der Waals surface area (Å²) in [6.07, 6.45) is 5.02. The van der Waals surface area contributed by atoms with Gasteiger partial charge in [-0.25, -0.2) is 0 Å². The van der Waals surface area contributed by atoms with E-state index in [1.54, 1.807) is 14.2 Å². The molecule has 0 amide bonds. The van der Waals surface area contributed by atoms with Crippen LogP contribution in [-0.2, 0) is 0 Å². The molecule has 0 fully saturated rings. The van der Waals surface area contributed by atoms with Crippen molar-refractivity contribution in [2.75, 3.05) is 38.7 Å². The quantitative estimate of drug-likeness (QED) is 0.333. The van der Waals surface area contributed by atoms with Crippen molar-refractivity contribution in [3.63, 3.8) is 0 Å². The lowest BCUT2D eigenvalue weighted by atomic mass is 9.89.